The number of hydrogen-bond acceptors (Lipinski definition) is 3. The van der Waals surface area contributed by atoms with Crippen LogP contribution in [0.5, 0.6) is 0 Å². The van der Waals surface area contributed by atoms with E-state index in [4.69, 9.17) is 5.73 Å². The number of allylic oxidation sites excluding steroid dienone is 1. The van der Waals surface area contributed by atoms with Crippen LogP contribution in [0.2, 0.25) is 0 Å². The molecule has 98 valence electrons. The Balaban J connectivity index is 2.81. The fraction of sp³-hybridized carbons (Fsp3) is 0.714. The van der Waals surface area contributed by atoms with E-state index in [1.165, 1.54) is 0 Å². The van der Waals surface area contributed by atoms with Gasteiger partial charge in [-0.05, 0) is 26.2 Å². The van der Waals surface area contributed by atoms with Gasteiger partial charge in [-0.3, -0.25) is 0 Å². The van der Waals surface area contributed by atoms with Gasteiger partial charge in [0.15, 0.2) is 0 Å². The summed E-state index contributed by atoms with van der Waals surface area (Å²) in [5.74, 6) is 0.468. The molecule has 0 aromatic heterocycles. The van der Waals surface area contributed by atoms with Gasteiger partial charge in [-0.2, -0.15) is 0 Å². The van der Waals surface area contributed by atoms with Crippen LogP contribution in [0.3, 0.4) is 0 Å². The third-order valence-corrected chi connectivity index (χ3v) is 3.69. The molecule has 0 fully saturated rings. The van der Waals surface area contributed by atoms with Crippen molar-refractivity contribution in [1.29, 1.82) is 0 Å². The molecule has 2 unspecified atom stereocenters. The average Bonchev–Trinajstić information content (AvgIpc) is 2.30. The molecular weight excluding hydrogens is 210 g/mol. The monoisotopic (exact) mass is 237 g/mol. The summed E-state index contributed by atoms with van der Waals surface area (Å²) in [6, 6.07) is 0.137. The maximum atomic E-state index is 6.41. The van der Waals surface area contributed by atoms with Gasteiger partial charge in [-0.1, -0.05) is 32.1 Å². The molecule has 0 aromatic carbocycles. The maximum absolute atomic E-state index is 6.41. The minimum absolute atomic E-state index is 0.0460. The predicted octanol–water partition coefficient (Wildman–Crippen LogP) is 1.77. The zero-order chi connectivity index (χ0) is 12.9. The Morgan fingerprint density at radius 2 is 2.06 bits per heavy atom. The molecule has 3 nitrogen and oxygen atoms in total. The first-order valence-electron chi connectivity index (χ1n) is 6.54. The van der Waals surface area contributed by atoms with E-state index in [2.05, 4.69) is 50.1 Å². The molecule has 17 heavy (non-hydrogen) atoms. The highest BCUT2D eigenvalue weighted by Gasteiger charge is 2.31. The molecule has 1 rings (SSSR count). The molecule has 0 amide bonds. The fourth-order valence-corrected chi connectivity index (χ4v) is 2.31. The smallest absolute Gasteiger partial charge is 0.0328 e. The van der Waals surface area contributed by atoms with Crippen molar-refractivity contribution in [3.05, 3.63) is 24.4 Å². The first-order valence-corrected chi connectivity index (χ1v) is 6.54. The molecular formula is C14H27N3. The van der Waals surface area contributed by atoms with E-state index < -0.39 is 0 Å². The quantitative estimate of drug-likeness (QED) is 0.609. The Morgan fingerprint density at radius 3 is 2.71 bits per heavy atom. The number of rotatable bonds is 1. The molecule has 0 saturated carbocycles. The average molecular weight is 237 g/mol. The summed E-state index contributed by atoms with van der Waals surface area (Å²) in [4.78, 5) is 0. The van der Waals surface area contributed by atoms with Crippen molar-refractivity contribution < 1.29 is 0 Å². The zero-order valence-electron chi connectivity index (χ0n) is 11.4. The van der Waals surface area contributed by atoms with Crippen LogP contribution in [-0.2, 0) is 0 Å². The number of nitrogens with one attached hydrogen (secondary N) is 2. The van der Waals surface area contributed by atoms with E-state index in [1.54, 1.807) is 0 Å². The minimum atomic E-state index is -0.0460. The first kappa shape index (κ1) is 14.3. The van der Waals surface area contributed by atoms with Crippen LogP contribution >= 0.6 is 0 Å². The zero-order valence-corrected chi connectivity index (χ0v) is 11.4. The molecule has 0 aromatic rings. The molecule has 1 heterocycles. The SMILES string of the molecule is C=C1CC(CC)C(N)C(C)(C)NC/C=C\CN1. The Bertz CT molecular complexity index is 281. The molecule has 3 heteroatoms. The number of nitrogens with two attached hydrogens (primary N) is 1. The second-order valence-corrected chi connectivity index (χ2v) is 5.46. The summed E-state index contributed by atoms with van der Waals surface area (Å²) in [5.41, 5.74) is 7.46. The van der Waals surface area contributed by atoms with Crippen molar-refractivity contribution in [2.24, 2.45) is 11.7 Å². The molecule has 0 aliphatic carbocycles. The van der Waals surface area contributed by atoms with Gasteiger partial charge in [0.05, 0.1) is 0 Å². The fourth-order valence-electron chi connectivity index (χ4n) is 2.31. The molecule has 0 radical (unpaired) electrons. The van der Waals surface area contributed by atoms with E-state index in [0.717, 1.165) is 31.6 Å². The van der Waals surface area contributed by atoms with Crippen molar-refractivity contribution in [2.45, 2.75) is 45.2 Å². The van der Waals surface area contributed by atoms with Gasteiger partial charge in [-0.15, -0.1) is 0 Å². The van der Waals surface area contributed by atoms with Gasteiger partial charge in [0, 0.05) is 30.4 Å². The highest BCUT2D eigenvalue weighted by Crippen LogP contribution is 2.23. The van der Waals surface area contributed by atoms with Gasteiger partial charge in [0.2, 0.25) is 0 Å². The Labute approximate surface area is 106 Å². The van der Waals surface area contributed by atoms with Crippen molar-refractivity contribution >= 4 is 0 Å². The van der Waals surface area contributed by atoms with Crippen LogP contribution in [-0.4, -0.2) is 24.7 Å². The Morgan fingerprint density at radius 1 is 1.41 bits per heavy atom. The van der Waals surface area contributed by atoms with Gasteiger partial charge in [0.1, 0.15) is 0 Å². The Kier molecular flexibility index (Phi) is 5.22. The van der Waals surface area contributed by atoms with Gasteiger partial charge >= 0.3 is 0 Å². The lowest BCUT2D eigenvalue weighted by Gasteiger charge is -2.37. The largest absolute Gasteiger partial charge is 0.385 e. The summed E-state index contributed by atoms with van der Waals surface area (Å²) < 4.78 is 0. The van der Waals surface area contributed by atoms with Crippen LogP contribution in [0.4, 0.5) is 0 Å². The van der Waals surface area contributed by atoms with Gasteiger partial charge in [-0.25, -0.2) is 0 Å². The van der Waals surface area contributed by atoms with Crippen LogP contribution in [0.1, 0.15) is 33.6 Å². The molecule has 1 aliphatic rings. The van der Waals surface area contributed by atoms with Gasteiger partial charge < -0.3 is 16.4 Å². The lowest BCUT2D eigenvalue weighted by molar-refractivity contribution is 0.245. The first-order chi connectivity index (χ1) is 7.97. The molecule has 2 atom stereocenters. The normalized spacial score (nSPS) is 32.4. The molecule has 0 saturated heterocycles. The van der Waals surface area contributed by atoms with E-state index in [0.29, 0.717) is 5.92 Å². The van der Waals surface area contributed by atoms with E-state index in [1.807, 2.05) is 0 Å². The van der Waals surface area contributed by atoms with Crippen LogP contribution in [0.15, 0.2) is 24.4 Å². The molecule has 4 N–H and O–H groups in total. The highest BCUT2D eigenvalue weighted by atomic mass is 15.0. The predicted molar refractivity (Wildman–Crippen MR) is 74.7 cm³/mol. The van der Waals surface area contributed by atoms with E-state index in [-0.39, 0.29) is 11.6 Å². The lowest BCUT2D eigenvalue weighted by atomic mass is 9.81. The molecule has 0 bridgehead atoms. The second kappa shape index (κ2) is 6.22. The summed E-state index contributed by atoms with van der Waals surface area (Å²) in [5, 5.41) is 6.84. The Hall–Kier alpha value is -0.800. The van der Waals surface area contributed by atoms with Crippen LogP contribution in [0, 0.1) is 5.92 Å². The van der Waals surface area contributed by atoms with Crippen molar-refractivity contribution in [1.82, 2.24) is 10.6 Å². The minimum Gasteiger partial charge on any atom is -0.385 e. The van der Waals surface area contributed by atoms with E-state index >= 15 is 0 Å². The molecule has 0 spiro atoms. The van der Waals surface area contributed by atoms with Crippen molar-refractivity contribution in [2.75, 3.05) is 13.1 Å². The van der Waals surface area contributed by atoms with E-state index in [9.17, 15) is 0 Å². The summed E-state index contributed by atoms with van der Waals surface area (Å²) >= 11 is 0. The third kappa shape index (κ3) is 4.17. The topological polar surface area (TPSA) is 50.1 Å². The standard InChI is InChI=1S/C14H27N3/c1-5-12-10-11(2)16-8-6-7-9-17-14(3,4)13(12)15/h6-7,12-13,16-17H,2,5,8-10,15H2,1,3-4H3/b7-6-. The highest BCUT2D eigenvalue weighted by molar-refractivity contribution is 5.04. The summed E-state index contributed by atoms with van der Waals surface area (Å²) in [7, 11) is 0. The van der Waals surface area contributed by atoms with Crippen molar-refractivity contribution in [3.63, 3.8) is 0 Å². The summed E-state index contributed by atoms with van der Waals surface area (Å²) in [6.07, 6.45) is 6.31. The lowest BCUT2D eigenvalue weighted by Crippen LogP contribution is -2.57. The maximum Gasteiger partial charge on any atom is 0.0328 e. The third-order valence-electron chi connectivity index (χ3n) is 3.69. The van der Waals surface area contributed by atoms with Crippen LogP contribution < -0.4 is 16.4 Å². The van der Waals surface area contributed by atoms with Crippen LogP contribution in [0.25, 0.3) is 0 Å². The van der Waals surface area contributed by atoms with Crippen molar-refractivity contribution in [3.8, 4) is 0 Å². The van der Waals surface area contributed by atoms with Gasteiger partial charge in [0.25, 0.3) is 0 Å². The second-order valence-electron chi connectivity index (χ2n) is 5.46. The number of hydrogen-bond donors (Lipinski definition) is 3. The summed E-state index contributed by atoms with van der Waals surface area (Å²) in [6.45, 7) is 12.4. The molecule has 1 aliphatic heterocycles.